The number of piperazine rings is 1. The summed E-state index contributed by atoms with van der Waals surface area (Å²) in [5.41, 5.74) is 7.32. The highest BCUT2D eigenvalue weighted by molar-refractivity contribution is 6.02. The smallest absolute Gasteiger partial charge is 0.322 e. The molecule has 2 saturated heterocycles. The molecule has 0 aromatic carbocycles. The van der Waals surface area contributed by atoms with E-state index in [1.165, 1.54) is 15.9 Å². The van der Waals surface area contributed by atoms with E-state index in [0.29, 0.717) is 35.9 Å². The van der Waals surface area contributed by atoms with Crippen molar-refractivity contribution in [2.24, 2.45) is 0 Å². The second-order valence-corrected chi connectivity index (χ2v) is 8.35. The highest BCUT2D eigenvalue weighted by Crippen LogP contribution is 2.36. The highest BCUT2D eigenvalue weighted by Gasteiger charge is 2.36. The maximum absolute atomic E-state index is 13.2. The number of nitrogens with one attached hydrogen (secondary N) is 1. The van der Waals surface area contributed by atoms with Crippen LogP contribution in [0.25, 0.3) is 5.52 Å². The zero-order valence-corrected chi connectivity index (χ0v) is 19.0. The molecule has 1 unspecified atom stereocenters. The number of aromatic nitrogens is 4. The minimum Gasteiger partial charge on any atom is -0.382 e. The molecule has 180 valence electrons. The molecule has 0 radical (unpaired) electrons. The molecular formula is C23H25N9O3. The van der Waals surface area contributed by atoms with Gasteiger partial charge in [0, 0.05) is 50.1 Å². The Kier molecular flexibility index (Phi) is 5.77. The van der Waals surface area contributed by atoms with E-state index in [0.717, 1.165) is 12.8 Å². The Morgan fingerprint density at radius 2 is 1.97 bits per heavy atom. The van der Waals surface area contributed by atoms with Crippen molar-refractivity contribution in [3.05, 3.63) is 55.4 Å². The van der Waals surface area contributed by atoms with Crippen molar-refractivity contribution in [2.45, 2.75) is 18.9 Å². The third kappa shape index (κ3) is 4.03. The monoisotopic (exact) mass is 475 g/mol. The first-order valence-electron chi connectivity index (χ1n) is 11.3. The van der Waals surface area contributed by atoms with Crippen LogP contribution < -0.4 is 16.0 Å². The van der Waals surface area contributed by atoms with Crippen molar-refractivity contribution in [1.82, 2.24) is 29.2 Å². The Morgan fingerprint density at radius 3 is 2.71 bits per heavy atom. The molecule has 1 atom stereocenters. The van der Waals surface area contributed by atoms with Crippen LogP contribution in [-0.2, 0) is 9.59 Å². The number of rotatable bonds is 4. The van der Waals surface area contributed by atoms with E-state index < -0.39 is 0 Å². The number of carbonyl (C=O) groups excluding carboxylic acids is 3. The fourth-order valence-electron chi connectivity index (χ4n) is 4.62. The Balaban J connectivity index is 1.42. The molecule has 2 aliphatic heterocycles. The normalized spacial score (nSPS) is 18.2. The topological polar surface area (TPSA) is 142 Å². The van der Waals surface area contributed by atoms with Crippen molar-refractivity contribution in [3.63, 3.8) is 0 Å². The minimum absolute atomic E-state index is 0.115. The van der Waals surface area contributed by atoms with Gasteiger partial charge in [0.25, 0.3) is 0 Å². The van der Waals surface area contributed by atoms with Gasteiger partial charge in [0.15, 0.2) is 11.6 Å². The number of nitrogens with two attached hydrogens (primary N) is 1. The molecule has 0 saturated carbocycles. The number of nitrogen functional groups attached to an aromatic ring is 1. The molecule has 4 amide bonds. The van der Waals surface area contributed by atoms with Crippen LogP contribution in [0.2, 0.25) is 0 Å². The van der Waals surface area contributed by atoms with Gasteiger partial charge in [-0.25, -0.2) is 14.8 Å². The van der Waals surface area contributed by atoms with Crippen molar-refractivity contribution in [1.29, 1.82) is 0 Å². The van der Waals surface area contributed by atoms with Crippen molar-refractivity contribution >= 4 is 40.7 Å². The quantitative estimate of drug-likeness (QED) is 0.544. The maximum atomic E-state index is 13.2. The fraction of sp³-hybridized carbons (Fsp3) is 0.304. The lowest BCUT2D eigenvalue weighted by molar-refractivity contribution is -0.127. The number of nitrogens with zero attached hydrogens (tertiary/aromatic N) is 7. The lowest BCUT2D eigenvalue weighted by atomic mass is 10.2. The van der Waals surface area contributed by atoms with Crippen LogP contribution in [0, 0.1) is 0 Å². The van der Waals surface area contributed by atoms with E-state index in [4.69, 9.17) is 10.7 Å². The fourth-order valence-corrected chi connectivity index (χ4v) is 4.62. The van der Waals surface area contributed by atoms with E-state index in [2.05, 4.69) is 21.9 Å². The maximum Gasteiger partial charge on any atom is 0.322 e. The van der Waals surface area contributed by atoms with Gasteiger partial charge in [-0.3, -0.25) is 23.9 Å². The molecule has 12 heteroatoms. The number of amides is 4. The Bertz CT molecular complexity index is 1310. The van der Waals surface area contributed by atoms with Crippen LogP contribution in [0.1, 0.15) is 24.7 Å². The van der Waals surface area contributed by atoms with Gasteiger partial charge < -0.3 is 20.9 Å². The van der Waals surface area contributed by atoms with E-state index in [-0.39, 0.29) is 42.8 Å². The second kappa shape index (κ2) is 9.05. The van der Waals surface area contributed by atoms with Crippen molar-refractivity contribution < 1.29 is 14.4 Å². The summed E-state index contributed by atoms with van der Waals surface area (Å²) in [5, 5.41) is 2.77. The predicted molar refractivity (Wildman–Crippen MR) is 128 cm³/mol. The van der Waals surface area contributed by atoms with Crippen molar-refractivity contribution in [2.75, 3.05) is 42.1 Å². The van der Waals surface area contributed by atoms with Gasteiger partial charge in [-0.2, -0.15) is 0 Å². The number of hydrogen-bond donors (Lipinski definition) is 2. The number of likely N-dealkylation sites (tertiary alicyclic amines) is 1. The van der Waals surface area contributed by atoms with E-state index in [9.17, 15) is 14.4 Å². The molecule has 3 N–H and O–H groups in total. The summed E-state index contributed by atoms with van der Waals surface area (Å²) in [4.78, 5) is 55.9. The highest BCUT2D eigenvalue weighted by atomic mass is 16.2. The summed E-state index contributed by atoms with van der Waals surface area (Å²) < 4.78 is 1.80. The Hall–Kier alpha value is -4.48. The number of pyridine rings is 1. The number of hydrogen-bond acceptors (Lipinski definition) is 7. The summed E-state index contributed by atoms with van der Waals surface area (Å²) in [6.45, 7) is 4.64. The summed E-state index contributed by atoms with van der Waals surface area (Å²) in [6.07, 6.45) is 9.31. The first-order valence-corrected chi connectivity index (χ1v) is 11.3. The van der Waals surface area contributed by atoms with Crippen LogP contribution >= 0.6 is 0 Å². The molecule has 2 fully saturated rings. The third-order valence-corrected chi connectivity index (χ3v) is 6.30. The molecule has 2 aliphatic rings. The van der Waals surface area contributed by atoms with Crippen LogP contribution in [-0.4, -0.2) is 73.2 Å². The average molecular weight is 476 g/mol. The van der Waals surface area contributed by atoms with E-state index >= 15 is 0 Å². The van der Waals surface area contributed by atoms with Crippen molar-refractivity contribution in [3.8, 4) is 0 Å². The predicted octanol–water partition coefficient (Wildman–Crippen LogP) is 1.44. The van der Waals surface area contributed by atoms with Gasteiger partial charge in [-0.05, 0) is 31.1 Å². The lowest BCUT2D eigenvalue weighted by Crippen LogP contribution is -2.53. The van der Waals surface area contributed by atoms with Gasteiger partial charge in [0.1, 0.15) is 17.9 Å². The summed E-state index contributed by atoms with van der Waals surface area (Å²) in [6, 6.07) is 2.71. The molecular weight excluding hydrogens is 450 g/mol. The largest absolute Gasteiger partial charge is 0.382 e. The standard InChI is InChI=1S/C23H25N9O3/c1-2-17(33)30-10-3-4-16(30)21-28-22(19-20(24)26-9-11-32(19)21)31-13-12-29(14-18(31)34)23(35)27-15-5-7-25-8-6-15/h2,5-9,11,16H,1,3-4,10,12-14H2,(H2,24,26)(H,25,27,35). The molecule has 0 aliphatic carbocycles. The molecule has 35 heavy (non-hydrogen) atoms. The zero-order chi connectivity index (χ0) is 24.5. The number of carbonyl (C=O) groups is 3. The van der Waals surface area contributed by atoms with Crippen LogP contribution in [0.15, 0.2) is 49.6 Å². The molecule has 0 bridgehead atoms. The second-order valence-electron chi connectivity index (χ2n) is 8.35. The third-order valence-electron chi connectivity index (χ3n) is 6.30. The van der Waals surface area contributed by atoms with Gasteiger partial charge in [0.05, 0.1) is 6.04 Å². The number of anilines is 3. The summed E-state index contributed by atoms with van der Waals surface area (Å²) >= 11 is 0. The van der Waals surface area contributed by atoms with Crippen LogP contribution in [0.3, 0.4) is 0 Å². The molecule has 5 rings (SSSR count). The minimum atomic E-state index is -0.370. The Morgan fingerprint density at radius 1 is 1.17 bits per heavy atom. The van der Waals surface area contributed by atoms with Crippen LogP contribution in [0.5, 0.6) is 0 Å². The van der Waals surface area contributed by atoms with Gasteiger partial charge in [-0.15, -0.1) is 0 Å². The Labute approximate surface area is 201 Å². The first-order chi connectivity index (χ1) is 17.0. The molecule has 3 aromatic rings. The summed E-state index contributed by atoms with van der Waals surface area (Å²) in [7, 11) is 0. The molecule has 3 aromatic heterocycles. The van der Waals surface area contributed by atoms with Crippen LogP contribution in [0.4, 0.5) is 22.1 Å². The van der Waals surface area contributed by atoms with Gasteiger partial charge in [-0.1, -0.05) is 6.58 Å². The summed E-state index contributed by atoms with van der Waals surface area (Å²) in [5.74, 6) is 0.760. The number of fused-ring (bicyclic) bond motifs is 1. The average Bonchev–Trinajstić information content (AvgIpc) is 3.50. The van der Waals surface area contributed by atoms with E-state index in [1.54, 1.807) is 46.2 Å². The first kappa shape index (κ1) is 22.3. The molecule has 5 heterocycles. The van der Waals surface area contributed by atoms with Gasteiger partial charge >= 0.3 is 6.03 Å². The molecule has 0 spiro atoms. The SMILES string of the molecule is C=CC(=O)N1CCCC1c1nc(N2CCN(C(=O)Nc3ccncc3)CC2=O)c2c(N)nccn12. The van der Waals surface area contributed by atoms with Gasteiger partial charge in [0.2, 0.25) is 11.8 Å². The number of urea groups is 1. The zero-order valence-electron chi connectivity index (χ0n) is 19.0. The number of imidazole rings is 1. The lowest BCUT2D eigenvalue weighted by Gasteiger charge is -2.33. The van der Waals surface area contributed by atoms with E-state index in [1.807, 2.05) is 0 Å². The molecule has 12 nitrogen and oxygen atoms in total.